The molecule has 16 heavy (non-hydrogen) atoms. The van der Waals surface area contributed by atoms with Gasteiger partial charge in [0.2, 0.25) is 0 Å². The summed E-state index contributed by atoms with van der Waals surface area (Å²) in [4.78, 5) is 13.0. The van der Waals surface area contributed by atoms with Crippen LogP contribution in [0.5, 0.6) is 0 Å². The molecule has 1 aromatic heterocycles. The van der Waals surface area contributed by atoms with Gasteiger partial charge >= 0.3 is 5.97 Å². The Bertz CT molecular complexity index is 357. The molecule has 0 unspecified atom stereocenters. The topological polar surface area (TPSA) is 40.5 Å². The molecule has 0 aromatic carbocycles. The standard InChI is InChI=1S/C12H17NO2S/c1-13(7-10-2-5-16-8-10)9-12(3-4-12)6-11(14)15/h2,5,8H,3-4,6-7,9H2,1H3,(H,14,15). The summed E-state index contributed by atoms with van der Waals surface area (Å²) < 4.78 is 0. The van der Waals surface area contributed by atoms with Crippen molar-refractivity contribution in [2.45, 2.75) is 25.8 Å². The second-order valence-electron chi connectivity index (χ2n) is 4.87. The molecule has 1 fully saturated rings. The maximum atomic E-state index is 10.7. The van der Waals surface area contributed by atoms with Gasteiger partial charge in [0.25, 0.3) is 0 Å². The van der Waals surface area contributed by atoms with Gasteiger partial charge in [-0.3, -0.25) is 4.79 Å². The molecule has 0 spiro atoms. The number of carboxylic acid groups (broad SMARTS) is 1. The van der Waals surface area contributed by atoms with Crippen molar-refractivity contribution in [1.82, 2.24) is 4.90 Å². The normalized spacial score (nSPS) is 17.6. The van der Waals surface area contributed by atoms with Crippen LogP contribution < -0.4 is 0 Å². The number of carboxylic acids is 1. The summed E-state index contributed by atoms with van der Waals surface area (Å²) in [5.41, 5.74) is 1.38. The van der Waals surface area contributed by atoms with Crippen LogP contribution in [0.2, 0.25) is 0 Å². The van der Waals surface area contributed by atoms with Crippen molar-refractivity contribution in [3.63, 3.8) is 0 Å². The minimum Gasteiger partial charge on any atom is -0.481 e. The van der Waals surface area contributed by atoms with E-state index in [0.29, 0.717) is 6.42 Å². The summed E-state index contributed by atoms with van der Waals surface area (Å²) in [7, 11) is 2.07. The van der Waals surface area contributed by atoms with Gasteiger partial charge in [0, 0.05) is 13.1 Å². The van der Waals surface area contributed by atoms with Gasteiger partial charge in [-0.15, -0.1) is 0 Å². The lowest BCUT2D eigenvalue weighted by Gasteiger charge is -2.22. The molecule has 0 bridgehead atoms. The first-order valence-electron chi connectivity index (χ1n) is 5.51. The Labute approximate surface area is 99.7 Å². The van der Waals surface area contributed by atoms with Gasteiger partial charge in [-0.05, 0) is 47.7 Å². The number of hydrogen-bond acceptors (Lipinski definition) is 3. The van der Waals surface area contributed by atoms with Crippen LogP contribution in [0.3, 0.4) is 0 Å². The van der Waals surface area contributed by atoms with E-state index >= 15 is 0 Å². The minimum absolute atomic E-state index is 0.0661. The van der Waals surface area contributed by atoms with E-state index in [1.807, 2.05) is 0 Å². The lowest BCUT2D eigenvalue weighted by molar-refractivity contribution is -0.138. The van der Waals surface area contributed by atoms with Crippen molar-refractivity contribution in [2.24, 2.45) is 5.41 Å². The van der Waals surface area contributed by atoms with E-state index in [4.69, 9.17) is 5.11 Å². The highest BCUT2D eigenvalue weighted by molar-refractivity contribution is 7.07. The molecule has 1 aliphatic carbocycles. The number of hydrogen-bond donors (Lipinski definition) is 1. The van der Waals surface area contributed by atoms with Crippen LogP contribution in [-0.2, 0) is 11.3 Å². The Hall–Kier alpha value is -0.870. The summed E-state index contributed by atoms with van der Waals surface area (Å²) in [6.07, 6.45) is 2.45. The molecule has 2 rings (SSSR count). The molecule has 1 N–H and O–H groups in total. The fraction of sp³-hybridized carbons (Fsp3) is 0.583. The Morgan fingerprint density at radius 1 is 1.62 bits per heavy atom. The van der Waals surface area contributed by atoms with E-state index in [0.717, 1.165) is 25.9 Å². The lowest BCUT2D eigenvalue weighted by Crippen LogP contribution is -2.27. The van der Waals surface area contributed by atoms with Crippen LogP contribution in [0.15, 0.2) is 16.8 Å². The average molecular weight is 239 g/mol. The average Bonchev–Trinajstić information content (AvgIpc) is 2.74. The fourth-order valence-corrected chi connectivity index (χ4v) is 2.87. The highest BCUT2D eigenvalue weighted by atomic mass is 32.1. The Kier molecular flexibility index (Phi) is 3.30. The first-order chi connectivity index (χ1) is 7.60. The van der Waals surface area contributed by atoms with Gasteiger partial charge in [0.15, 0.2) is 0 Å². The summed E-state index contributed by atoms with van der Waals surface area (Å²) in [5, 5.41) is 13.1. The van der Waals surface area contributed by atoms with Crippen LogP contribution in [0.1, 0.15) is 24.8 Å². The van der Waals surface area contributed by atoms with E-state index < -0.39 is 5.97 Å². The predicted molar refractivity (Wildman–Crippen MR) is 64.6 cm³/mol. The van der Waals surface area contributed by atoms with Crippen LogP contribution >= 0.6 is 11.3 Å². The van der Waals surface area contributed by atoms with Crippen molar-refractivity contribution in [3.8, 4) is 0 Å². The van der Waals surface area contributed by atoms with E-state index in [1.54, 1.807) is 11.3 Å². The van der Waals surface area contributed by atoms with Crippen molar-refractivity contribution >= 4 is 17.3 Å². The summed E-state index contributed by atoms with van der Waals surface area (Å²) in [6.45, 7) is 1.82. The molecule has 0 atom stereocenters. The Morgan fingerprint density at radius 3 is 2.88 bits per heavy atom. The lowest BCUT2D eigenvalue weighted by atomic mass is 10.0. The summed E-state index contributed by atoms with van der Waals surface area (Å²) >= 11 is 1.71. The molecular weight excluding hydrogens is 222 g/mol. The molecule has 1 aliphatic rings. The molecule has 1 aromatic rings. The van der Waals surface area contributed by atoms with E-state index in [-0.39, 0.29) is 5.41 Å². The van der Waals surface area contributed by atoms with Crippen LogP contribution in [0.25, 0.3) is 0 Å². The first-order valence-corrected chi connectivity index (χ1v) is 6.45. The SMILES string of the molecule is CN(Cc1ccsc1)CC1(CC(=O)O)CC1. The number of thiophene rings is 1. The Morgan fingerprint density at radius 2 is 2.38 bits per heavy atom. The quantitative estimate of drug-likeness (QED) is 0.829. The number of rotatable bonds is 6. The molecule has 1 saturated carbocycles. The molecular formula is C12H17NO2S. The monoisotopic (exact) mass is 239 g/mol. The Balaban J connectivity index is 1.83. The highest BCUT2D eigenvalue weighted by Crippen LogP contribution is 2.49. The van der Waals surface area contributed by atoms with Crippen LogP contribution in [-0.4, -0.2) is 29.6 Å². The summed E-state index contributed by atoms with van der Waals surface area (Å²) in [5.74, 6) is -0.665. The molecule has 0 saturated heterocycles. The zero-order valence-corrected chi connectivity index (χ0v) is 10.3. The van der Waals surface area contributed by atoms with Gasteiger partial charge in [0.1, 0.15) is 0 Å². The second-order valence-corrected chi connectivity index (χ2v) is 5.65. The fourth-order valence-electron chi connectivity index (χ4n) is 2.21. The second kappa shape index (κ2) is 4.55. The minimum atomic E-state index is -0.665. The molecule has 88 valence electrons. The molecule has 1 heterocycles. The van der Waals surface area contributed by atoms with Crippen molar-refractivity contribution in [2.75, 3.05) is 13.6 Å². The first kappa shape index (κ1) is 11.6. The third-order valence-electron chi connectivity index (χ3n) is 3.12. The maximum absolute atomic E-state index is 10.7. The van der Waals surface area contributed by atoms with E-state index in [1.165, 1.54) is 5.56 Å². The van der Waals surface area contributed by atoms with Crippen LogP contribution in [0.4, 0.5) is 0 Å². The highest BCUT2D eigenvalue weighted by Gasteiger charge is 2.44. The van der Waals surface area contributed by atoms with Crippen molar-refractivity contribution in [3.05, 3.63) is 22.4 Å². The van der Waals surface area contributed by atoms with Crippen molar-refractivity contribution in [1.29, 1.82) is 0 Å². The zero-order valence-electron chi connectivity index (χ0n) is 9.48. The molecule has 3 nitrogen and oxygen atoms in total. The third kappa shape index (κ3) is 3.06. The third-order valence-corrected chi connectivity index (χ3v) is 3.85. The van der Waals surface area contributed by atoms with Gasteiger partial charge in [0.05, 0.1) is 6.42 Å². The van der Waals surface area contributed by atoms with E-state index in [2.05, 4.69) is 28.8 Å². The summed E-state index contributed by atoms with van der Waals surface area (Å²) in [6, 6.07) is 2.12. The smallest absolute Gasteiger partial charge is 0.303 e. The van der Waals surface area contributed by atoms with Crippen LogP contribution in [0, 0.1) is 5.41 Å². The predicted octanol–water partition coefficient (Wildman–Crippen LogP) is 2.43. The molecule has 4 heteroatoms. The maximum Gasteiger partial charge on any atom is 0.303 e. The number of carbonyl (C=O) groups is 1. The van der Waals surface area contributed by atoms with Gasteiger partial charge in [-0.2, -0.15) is 11.3 Å². The van der Waals surface area contributed by atoms with Crippen molar-refractivity contribution < 1.29 is 9.90 Å². The number of nitrogens with zero attached hydrogens (tertiary/aromatic N) is 1. The van der Waals surface area contributed by atoms with E-state index in [9.17, 15) is 4.79 Å². The molecule has 0 aliphatic heterocycles. The van der Waals surface area contributed by atoms with Gasteiger partial charge in [-0.1, -0.05) is 0 Å². The van der Waals surface area contributed by atoms with Gasteiger partial charge < -0.3 is 10.0 Å². The molecule has 0 radical (unpaired) electrons. The zero-order chi connectivity index (χ0) is 11.6. The largest absolute Gasteiger partial charge is 0.481 e. The molecule has 0 amide bonds. The van der Waals surface area contributed by atoms with Gasteiger partial charge in [-0.25, -0.2) is 0 Å². The number of aliphatic carboxylic acids is 1.